The van der Waals surface area contributed by atoms with Crippen LogP contribution >= 0.6 is 0 Å². The summed E-state index contributed by atoms with van der Waals surface area (Å²) in [6.45, 7) is 6.15. The van der Waals surface area contributed by atoms with E-state index in [9.17, 15) is 4.79 Å². The third-order valence-electron chi connectivity index (χ3n) is 3.12. The summed E-state index contributed by atoms with van der Waals surface area (Å²) in [5.74, 6) is -0.259. The molecule has 112 valence electrons. The molecule has 5 N–H and O–H groups in total. The molecule has 1 aliphatic rings. The van der Waals surface area contributed by atoms with Gasteiger partial charge in [-0.1, -0.05) is 19.9 Å². The Bertz CT molecular complexity index is 288. The fourth-order valence-electron chi connectivity index (χ4n) is 1.62. The molecule has 0 spiro atoms. The van der Waals surface area contributed by atoms with Crippen LogP contribution in [0.2, 0.25) is 0 Å². The number of carbonyl (C=O) groups excluding carboxylic acids is 1. The number of rotatable bonds is 4. The average Bonchev–Trinajstić information content (AvgIpc) is 2.41. The molecule has 0 bridgehead atoms. The number of nitrogens with two attached hydrogens (primary N) is 2. The number of aliphatic hydroxyl groups is 1. The van der Waals surface area contributed by atoms with Gasteiger partial charge in [0.1, 0.15) is 0 Å². The van der Waals surface area contributed by atoms with E-state index in [0.717, 1.165) is 12.8 Å². The predicted octanol–water partition coefficient (Wildman–Crippen LogP) is 1.09. The van der Waals surface area contributed by atoms with Gasteiger partial charge >= 0.3 is 5.97 Å². The zero-order valence-corrected chi connectivity index (χ0v) is 12.3. The lowest BCUT2D eigenvalue weighted by Gasteiger charge is -2.24. The van der Waals surface area contributed by atoms with Crippen LogP contribution in [-0.2, 0) is 9.53 Å². The number of hydrogen-bond acceptors (Lipinski definition) is 5. The van der Waals surface area contributed by atoms with Crippen LogP contribution in [0.3, 0.4) is 0 Å². The minimum absolute atomic E-state index is 0.0295. The van der Waals surface area contributed by atoms with E-state index in [2.05, 4.69) is 0 Å². The maximum atomic E-state index is 11.3. The lowest BCUT2D eigenvalue weighted by Crippen LogP contribution is -2.44. The molecule has 0 aromatic rings. The molecule has 19 heavy (non-hydrogen) atoms. The second-order valence-electron chi connectivity index (χ2n) is 4.69. The van der Waals surface area contributed by atoms with Crippen molar-refractivity contribution in [2.75, 3.05) is 6.61 Å². The monoisotopic (exact) mass is 272 g/mol. The van der Waals surface area contributed by atoms with Gasteiger partial charge in [-0.3, -0.25) is 0 Å². The molecule has 2 atom stereocenters. The normalized spacial score (nSPS) is 22.4. The van der Waals surface area contributed by atoms with Crippen LogP contribution in [0.1, 0.15) is 46.5 Å². The Labute approximate surface area is 116 Å². The van der Waals surface area contributed by atoms with Crippen molar-refractivity contribution in [2.45, 2.75) is 64.6 Å². The zero-order valence-electron chi connectivity index (χ0n) is 12.3. The van der Waals surface area contributed by atoms with E-state index in [1.807, 2.05) is 19.9 Å². The number of ether oxygens (including phenoxy) is 1. The first-order valence-corrected chi connectivity index (χ1v) is 7.01. The molecule has 0 saturated heterocycles. The van der Waals surface area contributed by atoms with Crippen molar-refractivity contribution in [3.05, 3.63) is 11.6 Å². The molecule has 0 aromatic carbocycles. The molecule has 0 heterocycles. The van der Waals surface area contributed by atoms with Crippen LogP contribution in [0.25, 0.3) is 0 Å². The average molecular weight is 272 g/mol. The van der Waals surface area contributed by atoms with Gasteiger partial charge in [0.15, 0.2) is 0 Å². The molecular formula is C14H28N2O3. The van der Waals surface area contributed by atoms with E-state index >= 15 is 0 Å². The molecule has 0 amide bonds. The van der Waals surface area contributed by atoms with Crippen molar-refractivity contribution in [1.82, 2.24) is 0 Å². The van der Waals surface area contributed by atoms with Crippen LogP contribution < -0.4 is 11.5 Å². The highest BCUT2D eigenvalue weighted by molar-refractivity contribution is 5.88. The van der Waals surface area contributed by atoms with Crippen molar-refractivity contribution >= 4 is 5.97 Å². The van der Waals surface area contributed by atoms with Crippen molar-refractivity contribution in [2.24, 2.45) is 11.5 Å². The van der Waals surface area contributed by atoms with Gasteiger partial charge in [0.05, 0.1) is 12.7 Å². The summed E-state index contributed by atoms with van der Waals surface area (Å²) in [4.78, 5) is 11.3. The smallest absolute Gasteiger partial charge is 0.333 e. The molecule has 1 rings (SSSR count). The third kappa shape index (κ3) is 7.30. The van der Waals surface area contributed by atoms with Crippen molar-refractivity contribution < 1.29 is 14.6 Å². The van der Waals surface area contributed by atoms with E-state index in [0.29, 0.717) is 25.0 Å². The van der Waals surface area contributed by atoms with Gasteiger partial charge in [-0.05, 0) is 32.6 Å². The van der Waals surface area contributed by atoms with E-state index in [1.165, 1.54) is 0 Å². The zero-order chi connectivity index (χ0) is 14.8. The minimum atomic E-state index is -0.259. The third-order valence-corrected chi connectivity index (χ3v) is 3.12. The maximum absolute atomic E-state index is 11.3. The van der Waals surface area contributed by atoms with Crippen LogP contribution in [-0.4, -0.2) is 35.9 Å². The molecule has 5 heteroatoms. The molecule has 0 aromatic heterocycles. The summed E-state index contributed by atoms with van der Waals surface area (Å²) >= 11 is 0. The number of carbonyl (C=O) groups is 1. The topological polar surface area (TPSA) is 98.6 Å². The number of aliphatic hydroxyl groups excluding tert-OH is 1. The van der Waals surface area contributed by atoms with Crippen molar-refractivity contribution in [1.29, 1.82) is 0 Å². The van der Waals surface area contributed by atoms with Crippen molar-refractivity contribution in [3.63, 3.8) is 0 Å². The van der Waals surface area contributed by atoms with E-state index in [1.54, 1.807) is 6.92 Å². The summed E-state index contributed by atoms with van der Waals surface area (Å²) in [7, 11) is 0. The van der Waals surface area contributed by atoms with Gasteiger partial charge in [0, 0.05) is 17.7 Å². The molecule has 0 fully saturated rings. The summed E-state index contributed by atoms with van der Waals surface area (Å²) < 4.78 is 4.86. The Morgan fingerprint density at radius 3 is 2.32 bits per heavy atom. The largest absolute Gasteiger partial charge is 0.463 e. The SMILES string of the molecule is CCC(O)CC.CCOC(=O)C1=CCC(N)C(N)C1. The highest BCUT2D eigenvalue weighted by atomic mass is 16.5. The maximum Gasteiger partial charge on any atom is 0.333 e. The van der Waals surface area contributed by atoms with E-state index in [-0.39, 0.29) is 24.2 Å². The Balaban J connectivity index is 0.000000459. The second kappa shape index (κ2) is 9.95. The molecule has 0 radical (unpaired) electrons. The Kier molecular flexibility index (Phi) is 9.47. The van der Waals surface area contributed by atoms with Crippen LogP contribution in [0.15, 0.2) is 11.6 Å². The van der Waals surface area contributed by atoms with Gasteiger partial charge in [0.2, 0.25) is 0 Å². The summed E-state index contributed by atoms with van der Waals surface area (Å²) in [5, 5.41) is 8.67. The standard InChI is InChI=1S/C9H16N2O2.C5H12O/c1-2-13-9(12)6-3-4-7(10)8(11)5-6;1-3-5(6)4-2/h3,7-8H,2,4-5,10-11H2,1H3;5-6H,3-4H2,1-2H3. The van der Waals surface area contributed by atoms with Gasteiger partial charge in [-0.2, -0.15) is 0 Å². The van der Waals surface area contributed by atoms with Gasteiger partial charge in [-0.25, -0.2) is 4.79 Å². The van der Waals surface area contributed by atoms with Gasteiger partial charge in [0.25, 0.3) is 0 Å². The minimum Gasteiger partial charge on any atom is -0.463 e. The molecule has 0 aliphatic heterocycles. The predicted molar refractivity (Wildman–Crippen MR) is 76.5 cm³/mol. The Morgan fingerprint density at radius 1 is 1.37 bits per heavy atom. The first-order valence-electron chi connectivity index (χ1n) is 7.01. The fraction of sp³-hybridized carbons (Fsp3) is 0.786. The number of hydrogen-bond donors (Lipinski definition) is 3. The van der Waals surface area contributed by atoms with E-state index in [4.69, 9.17) is 21.3 Å². The summed E-state index contributed by atoms with van der Waals surface area (Å²) in [5.41, 5.74) is 12.1. The summed E-state index contributed by atoms with van der Waals surface area (Å²) in [6.07, 6.45) is 4.72. The molecule has 1 aliphatic carbocycles. The lowest BCUT2D eigenvalue weighted by molar-refractivity contribution is -0.138. The highest BCUT2D eigenvalue weighted by Gasteiger charge is 2.23. The lowest BCUT2D eigenvalue weighted by atomic mass is 9.91. The molecular weight excluding hydrogens is 244 g/mol. The molecule has 0 saturated carbocycles. The van der Waals surface area contributed by atoms with Crippen molar-refractivity contribution in [3.8, 4) is 0 Å². The van der Waals surface area contributed by atoms with Crippen LogP contribution in [0, 0.1) is 0 Å². The highest BCUT2D eigenvalue weighted by Crippen LogP contribution is 2.17. The van der Waals surface area contributed by atoms with Gasteiger partial charge < -0.3 is 21.3 Å². The molecule has 5 nitrogen and oxygen atoms in total. The second-order valence-corrected chi connectivity index (χ2v) is 4.69. The Morgan fingerprint density at radius 2 is 1.95 bits per heavy atom. The molecule has 2 unspecified atom stereocenters. The quantitative estimate of drug-likeness (QED) is 0.665. The fourth-order valence-corrected chi connectivity index (χ4v) is 1.62. The first-order chi connectivity index (χ1) is 8.96. The van der Waals surface area contributed by atoms with Crippen LogP contribution in [0.4, 0.5) is 0 Å². The van der Waals surface area contributed by atoms with Crippen LogP contribution in [0.5, 0.6) is 0 Å². The Hall–Kier alpha value is -0.910. The van der Waals surface area contributed by atoms with E-state index < -0.39 is 0 Å². The summed E-state index contributed by atoms with van der Waals surface area (Å²) in [6, 6.07) is -0.150. The first kappa shape index (κ1) is 18.1. The number of esters is 1. The van der Waals surface area contributed by atoms with Gasteiger partial charge in [-0.15, -0.1) is 0 Å².